The van der Waals surface area contributed by atoms with Crippen LogP contribution in [-0.2, 0) is 19.1 Å². The molecule has 0 radical (unpaired) electrons. The van der Waals surface area contributed by atoms with E-state index in [1.54, 1.807) is 42.6 Å². The second kappa shape index (κ2) is 7.43. The van der Waals surface area contributed by atoms with Crippen LogP contribution in [0.5, 0.6) is 0 Å². The number of esters is 2. The molecule has 0 spiro atoms. The molecule has 9 heteroatoms. The standard InChI is InChI=1S/C17H15N5O4/c1-25-16(23)12-8-5-6-10-22(14(12)17(24)26-2)13-9-4-3-7-11(13)15-18-20-21-19-15/h3-10H,1-2H3,(H,18,19,20,21). The summed E-state index contributed by atoms with van der Waals surface area (Å²) in [6.45, 7) is 0. The highest BCUT2D eigenvalue weighted by atomic mass is 16.5. The summed E-state index contributed by atoms with van der Waals surface area (Å²) in [5, 5.41) is 13.9. The van der Waals surface area contributed by atoms with Gasteiger partial charge in [-0.05, 0) is 29.5 Å². The van der Waals surface area contributed by atoms with Gasteiger partial charge in [-0.25, -0.2) is 9.59 Å². The van der Waals surface area contributed by atoms with E-state index >= 15 is 0 Å². The Balaban J connectivity index is 2.23. The number of methoxy groups -OCH3 is 2. The summed E-state index contributed by atoms with van der Waals surface area (Å²) in [7, 11) is 2.49. The third-order valence-corrected chi connectivity index (χ3v) is 3.64. The molecule has 0 unspecified atom stereocenters. The number of H-pyrrole nitrogens is 1. The van der Waals surface area contributed by atoms with Gasteiger partial charge in [-0.2, -0.15) is 5.21 Å². The molecule has 2 heterocycles. The highest BCUT2D eigenvalue weighted by Crippen LogP contribution is 2.33. The first kappa shape index (κ1) is 17.1. The van der Waals surface area contributed by atoms with E-state index in [2.05, 4.69) is 20.6 Å². The van der Waals surface area contributed by atoms with Crippen molar-refractivity contribution in [1.82, 2.24) is 20.6 Å². The molecule has 1 aromatic heterocycles. The zero-order valence-electron chi connectivity index (χ0n) is 14.0. The van der Waals surface area contributed by atoms with E-state index in [-0.39, 0.29) is 11.3 Å². The molecule has 0 saturated carbocycles. The molecule has 0 bridgehead atoms. The predicted octanol–water partition coefficient (Wildman–Crippen LogP) is 1.36. The van der Waals surface area contributed by atoms with Gasteiger partial charge in [-0.15, -0.1) is 10.2 Å². The number of carbonyl (C=O) groups is 2. The smallest absolute Gasteiger partial charge is 0.355 e. The van der Waals surface area contributed by atoms with Crippen molar-refractivity contribution in [3.63, 3.8) is 0 Å². The third-order valence-electron chi connectivity index (χ3n) is 3.64. The molecular weight excluding hydrogens is 338 g/mol. The van der Waals surface area contributed by atoms with Crippen LogP contribution in [0.15, 0.2) is 60.0 Å². The number of hydrogen-bond acceptors (Lipinski definition) is 8. The molecule has 0 atom stereocenters. The Morgan fingerprint density at radius 2 is 1.85 bits per heavy atom. The number of aromatic amines is 1. The Hall–Kier alpha value is -3.75. The average Bonchev–Trinajstić information content (AvgIpc) is 3.13. The van der Waals surface area contributed by atoms with Crippen molar-refractivity contribution in [1.29, 1.82) is 0 Å². The second-order valence-electron chi connectivity index (χ2n) is 5.07. The number of nitrogens with zero attached hydrogens (tertiary/aromatic N) is 4. The molecule has 0 amide bonds. The van der Waals surface area contributed by atoms with Crippen LogP contribution in [0.2, 0.25) is 0 Å². The van der Waals surface area contributed by atoms with Crippen LogP contribution in [0.1, 0.15) is 0 Å². The lowest BCUT2D eigenvalue weighted by Crippen LogP contribution is -2.27. The first-order valence-electron chi connectivity index (χ1n) is 7.55. The number of benzene rings is 1. The number of aromatic nitrogens is 4. The SMILES string of the molecule is COC(=O)C1=C(C(=O)OC)N(c2ccccc2-c2nn[nH]n2)C=CC=C1. The monoisotopic (exact) mass is 353 g/mol. The Kier molecular flexibility index (Phi) is 4.88. The highest BCUT2D eigenvalue weighted by Gasteiger charge is 2.29. The summed E-state index contributed by atoms with van der Waals surface area (Å²) < 4.78 is 9.70. The molecular formula is C17H15N5O4. The van der Waals surface area contributed by atoms with Gasteiger partial charge in [-0.3, -0.25) is 0 Å². The Bertz CT molecular complexity index is 915. The maximum atomic E-state index is 12.5. The Morgan fingerprint density at radius 3 is 2.54 bits per heavy atom. The molecule has 3 rings (SSSR count). The molecule has 1 aromatic carbocycles. The van der Waals surface area contributed by atoms with Crippen LogP contribution in [0.4, 0.5) is 5.69 Å². The lowest BCUT2D eigenvalue weighted by Gasteiger charge is -2.24. The van der Waals surface area contributed by atoms with Crippen LogP contribution in [0.25, 0.3) is 11.4 Å². The number of allylic oxidation sites excluding steroid dienone is 2. The molecule has 9 nitrogen and oxygen atoms in total. The zero-order chi connectivity index (χ0) is 18.5. The van der Waals surface area contributed by atoms with Crippen molar-refractivity contribution in [3.8, 4) is 11.4 Å². The zero-order valence-corrected chi connectivity index (χ0v) is 14.0. The maximum Gasteiger partial charge on any atom is 0.355 e. The van der Waals surface area contributed by atoms with Gasteiger partial charge >= 0.3 is 11.9 Å². The number of anilines is 1. The summed E-state index contributed by atoms with van der Waals surface area (Å²) >= 11 is 0. The van der Waals surface area contributed by atoms with Crippen LogP contribution < -0.4 is 4.90 Å². The number of para-hydroxylation sites is 1. The summed E-state index contributed by atoms with van der Waals surface area (Å²) in [5.41, 5.74) is 1.25. The number of hydrogen-bond donors (Lipinski definition) is 1. The van der Waals surface area contributed by atoms with Gasteiger partial charge in [0, 0.05) is 11.8 Å². The quantitative estimate of drug-likeness (QED) is 0.820. The third kappa shape index (κ3) is 3.09. The molecule has 0 fully saturated rings. The average molecular weight is 353 g/mol. The van der Waals surface area contributed by atoms with Gasteiger partial charge < -0.3 is 14.4 Å². The minimum atomic E-state index is -0.690. The van der Waals surface area contributed by atoms with Gasteiger partial charge in [0.25, 0.3) is 0 Å². The van der Waals surface area contributed by atoms with E-state index in [4.69, 9.17) is 9.47 Å². The summed E-state index contributed by atoms with van der Waals surface area (Å²) in [6, 6.07) is 7.13. The fourth-order valence-corrected chi connectivity index (χ4v) is 2.50. The Labute approximate surface area is 148 Å². The summed E-state index contributed by atoms with van der Waals surface area (Å²) in [6.07, 6.45) is 6.45. The normalized spacial score (nSPS) is 13.5. The number of tetrazole rings is 1. The lowest BCUT2D eigenvalue weighted by atomic mass is 10.1. The highest BCUT2D eigenvalue weighted by molar-refractivity contribution is 6.06. The lowest BCUT2D eigenvalue weighted by molar-refractivity contribution is -0.139. The molecule has 2 aromatic rings. The summed E-state index contributed by atoms with van der Waals surface area (Å²) in [4.78, 5) is 26.2. The molecule has 26 heavy (non-hydrogen) atoms. The predicted molar refractivity (Wildman–Crippen MR) is 91.4 cm³/mol. The Morgan fingerprint density at radius 1 is 1.08 bits per heavy atom. The second-order valence-corrected chi connectivity index (χ2v) is 5.07. The first-order valence-corrected chi connectivity index (χ1v) is 7.55. The van der Waals surface area contributed by atoms with E-state index in [9.17, 15) is 9.59 Å². The fourth-order valence-electron chi connectivity index (χ4n) is 2.50. The molecule has 1 aliphatic heterocycles. The van der Waals surface area contributed by atoms with Crippen LogP contribution in [0, 0.1) is 0 Å². The van der Waals surface area contributed by atoms with Crippen molar-refractivity contribution in [2.24, 2.45) is 0 Å². The number of carbonyl (C=O) groups excluding carboxylic acids is 2. The topological polar surface area (TPSA) is 110 Å². The first-order chi connectivity index (χ1) is 12.7. The van der Waals surface area contributed by atoms with Crippen LogP contribution >= 0.6 is 0 Å². The largest absolute Gasteiger partial charge is 0.465 e. The van der Waals surface area contributed by atoms with E-state index in [0.29, 0.717) is 17.1 Å². The molecule has 1 N–H and O–H groups in total. The van der Waals surface area contributed by atoms with Crippen LogP contribution in [0.3, 0.4) is 0 Å². The van der Waals surface area contributed by atoms with Crippen molar-refractivity contribution in [2.75, 3.05) is 19.1 Å². The minimum Gasteiger partial charge on any atom is -0.465 e. The number of ether oxygens (including phenoxy) is 2. The van der Waals surface area contributed by atoms with E-state index in [1.807, 2.05) is 0 Å². The molecule has 0 saturated heterocycles. The van der Waals surface area contributed by atoms with Crippen LogP contribution in [-0.4, -0.2) is 46.8 Å². The van der Waals surface area contributed by atoms with Gasteiger partial charge in [0.2, 0.25) is 5.82 Å². The minimum absolute atomic E-state index is 0.0142. The number of nitrogens with one attached hydrogen (secondary N) is 1. The van der Waals surface area contributed by atoms with Crippen molar-refractivity contribution < 1.29 is 19.1 Å². The van der Waals surface area contributed by atoms with Crippen molar-refractivity contribution in [3.05, 3.63) is 60.0 Å². The molecule has 1 aliphatic rings. The number of rotatable bonds is 4. The fraction of sp³-hybridized carbons (Fsp3) is 0.118. The van der Waals surface area contributed by atoms with Gasteiger partial charge in [-0.1, -0.05) is 18.2 Å². The molecule has 0 aliphatic carbocycles. The van der Waals surface area contributed by atoms with Gasteiger partial charge in [0.15, 0.2) is 0 Å². The van der Waals surface area contributed by atoms with Crippen molar-refractivity contribution in [2.45, 2.75) is 0 Å². The van der Waals surface area contributed by atoms with Crippen molar-refractivity contribution >= 4 is 17.6 Å². The maximum absolute atomic E-state index is 12.5. The van der Waals surface area contributed by atoms with E-state index < -0.39 is 11.9 Å². The van der Waals surface area contributed by atoms with Gasteiger partial charge in [0.05, 0.1) is 25.5 Å². The molecule has 132 valence electrons. The van der Waals surface area contributed by atoms with E-state index in [1.165, 1.54) is 25.2 Å². The summed E-state index contributed by atoms with van der Waals surface area (Å²) in [5.74, 6) is -1.01. The van der Waals surface area contributed by atoms with Gasteiger partial charge in [0.1, 0.15) is 5.70 Å². The van der Waals surface area contributed by atoms with E-state index in [0.717, 1.165) is 0 Å².